The van der Waals surface area contributed by atoms with Gasteiger partial charge in [0.2, 0.25) is 0 Å². The topological polar surface area (TPSA) is 96.1 Å². The minimum atomic E-state index is -3.61. The maximum atomic E-state index is 12.8. The third-order valence-electron chi connectivity index (χ3n) is 4.74. The number of aromatic nitrogens is 4. The van der Waals surface area contributed by atoms with E-state index in [0.29, 0.717) is 12.5 Å². The van der Waals surface area contributed by atoms with Crippen molar-refractivity contribution >= 4 is 20.9 Å². The summed E-state index contributed by atoms with van der Waals surface area (Å²) in [4.78, 5) is 17.1. The van der Waals surface area contributed by atoms with Gasteiger partial charge in [-0.2, -0.15) is 5.10 Å². The molecule has 0 N–H and O–H groups in total. The quantitative estimate of drug-likeness (QED) is 0.786. The van der Waals surface area contributed by atoms with Crippen LogP contribution in [0.3, 0.4) is 0 Å². The van der Waals surface area contributed by atoms with Crippen LogP contribution >= 0.6 is 0 Å². The highest BCUT2D eigenvalue weighted by Gasteiger charge is 2.27. The molecule has 1 aliphatic carbocycles. The molecule has 1 atom stereocenters. The van der Waals surface area contributed by atoms with Crippen LogP contribution in [0.25, 0.3) is 11.0 Å². The average molecular weight is 354 g/mol. The van der Waals surface area contributed by atoms with Crippen LogP contribution in [0.1, 0.15) is 25.7 Å². The number of hydrogen-bond acceptors (Lipinski definition) is 6. The third kappa shape index (κ3) is 2.98. The molecule has 0 saturated heterocycles. The fraction of sp³-hybridized carbons (Fsp3) is 0.667. The molecule has 0 amide bonds. The summed E-state index contributed by atoms with van der Waals surface area (Å²) < 4.78 is 32.2. The monoisotopic (exact) mass is 354 g/mol. The average Bonchev–Trinajstić information content (AvgIpc) is 3.15. The summed E-state index contributed by atoms with van der Waals surface area (Å²) in [6, 6.07) is 0. The summed E-state index contributed by atoms with van der Waals surface area (Å²) in [7, 11) is -0.396. The zero-order chi connectivity index (χ0) is 17.5. The van der Waals surface area contributed by atoms with Crippen LogP contribution in [-0.2, 0) is 28.2 Å². The molecule has 1 saturated carbocycles. The number of rotatable bonds is 5. The standard InChI is InChI=1S/C15H22N4O4S/c1-18-13-12(14(17-18)24(3,21)22)15(20)19(9-16-13)8-11(23-2)10-6-4-5-7-10/h9-11H,4-8H2,1-3H3. The van der Waals surface area contributed by atoms with Crippen molar-refractivity contribution in [2.24, 2.45) is 13.0 Å². The van der Waals surface area contributed by atoms with Crippen molar-refractivity contribution < 1.29 is 13.2 Å². The van der Waals surface area contributed by atoms with E-state index in [9.17, 15) is 13.2 Å². The molecule has 0 aromatic carbocycles. The Labute approximate surface area is 140 Å². The van der Waals surface area contributed by atoms with Crippen molar-refractivity contribution in [3.05, 3.63) is 16.7 Å². The molecule has 0 aliphatic heterocycles. The van der Waals surface area contributed by atoms with Crippen LogP contribution < -0.4 is 5.56 Å². The van der Waals surface area contributed by atoms with Crippen LogP contribution in [0.15, 0.2) is 16.1 Å². The summed E-state index contributed by atoms with van der Waals surface area (Å²) in [5.74, 6) is 0.417. The number of hydrogen-bond donors (Lipinski definition) is 0. The Kier molecular flexibility index (Phi) is 4.48. The van der Waals surface area contributed by atoms with E-state index in [1.165, 1.54) is 28.4 Å². The van der Waals surface area contributed by atoms with Crippen LogP contribution in [0, 0.1) is 5.92 Å². The van der Waals surface area contributed by atoms with Gasteiger partial charge in [0.05, 0.1) is 12.6 Å². The van der Waals surface area contributed by atoms with Gasteiger partial charge in [0.25, 0.3) is 5.56 Å². The van der Waals surface area contributed by atoms with E-state index in [4.69, 9.17) is 4.74 Å². The summed E-state index contributed by atoms with van der Waals surface area (Å²) in [6.45, 7) is 0.362. The second-order valence-electron chi connectivity index (χ2n) is 6.42. The zero-order valence-electron chi connectivity index (χ0n) is 14.1. The first-order chi connectivity index (χ1) is 11.3. The number of nitrogens with zero attached hydrogens (tertiary/aromatic N) is 4. The molecule has 3 rings (SSSR count). The van der Waals surface area contributed by atoms with Gasteiger partial charge >= 0.3 is 0 Å². The van der Waals surface area contributed by atoms with Crippen molar-refractivity contribution in [1.29, 1.82) is 0 Å². The normalized spacial score (nSPS) is 17.6. The number of sulfone groups is 1. The SMILES string of the molecule is COC(Cn1cnc2c(c(S(C)(=O)=O)nn2C)c1=O)C1CCCC1. The highest BCUT2D eigenvalue weighted by molar-refractivity contribution is 7.90. The van der Waals surface area contributed by atoms with Crippen molar-refractivity contribution in [3.63, 3.8) is 0 Å². The smallest absolute Gasteiger partial charge is 0.265 e. The van der Waals surface area contributed by atoms with Crippen LogP contribution in [0.5, 0.6) is 0 Å². The van der Waals surface area contributed by atoms with E-state index in [1.807, 2.05) is 0 Å². The molecular formula is C15H22N4O4S. The molecule has 0 spiro atoms. The second-order valence-corrected chi connectivity index (χ2v) is 8.35. The molecule has 0 radical (unpaired) electrons. The lowest BCUT2D eigenvalue weighted by Crippen LogP contribution is -2.32. The van der Waals surface area contributed by atoms with E-state index < -0.39 is 15.4 Å². The molecule has 2 aromatic heterocycles. The van der Waals surface area contributed by atoms with Gasteiger partial charge in [-0.3, -0.25) is 9.36 Å². The van der Waals surface area contributed by atoms with Gasteiger partial charge in [-0.05, 0) is 18.8 Å². The number of ether oxygens (including phenoxy) is 1. The molecule has 8 nitrogen and oxygen atoms in total. The molecule has 9 heteroatoms. The molecule has 2 aromatic rings. The highest BCUT2D eigenvalue weighted by Crippen LogP contribution is 2.29. The molecule has 24 heavy (non-hydrogen) atoms. The lowest BCUT2D eigenvalue weighted by molar-refractivity contribution is 0.0399. The first-order valence-corrected chi connectivity index (χ1v) is 9.87. The zero-order valence-corrected chi connectivity index (χ0v) is 14.9. The Bertz CT molecular complexity index is 909. The minimum absolute atomic E-state index is 0.0452. The summed E-state index contributed by atoms with van der Waals surface area (Å²) in [5.41, 5.74) is -0.125. The first-order valence-electron chi connectivity index (χ1n) is 7.98. The van der Waals surface area contributed by atoms with Gasteiger partial charge in [-0.15, -0.1) is 0 Å². The molecular weight excluding hydrogens is 332 g/mol. The largest absolute Gasteiger partial charge is 0.379 e. The van der Waals surface area contributed by atoms with E-state index in [2.05, 4.69) is 10.1 Å². The fourth-order valence-electron chi connectivity index (χ4n) is 3.48. The maximum Gasteiger partial charge on any atom is 0.265 e. The Morgan fingerprint density at radius 3 is 2.62 bits per heavy atom. The lowest BCUT2D eigenvalue weighted by atomic mass is 10.0. The molecule has 0 bridgehead atoms. The van der Waals surface area contributed by atoms with Crippen molar-refractivity contribution in [2.75, 3.05) is 13.4 Å². The highest BCUT2D eigenvalue weighted by atomic mass is 32.2. The summed E-state index contributed by atoms with van der Waals surface area (Å²) in [6.07, 6.45) is 6.94. The van der Waals surface area contributed by atoms with Crippen molar-refractivity contribution in [3.8, 4) is 0 Å². The molecule has 132 valence electrons. The Hall–Kier alpha value is -1.74. The van der Waals surface area contributed by atoms with Crippen LogP contribution in [-0.4, -0.2) is 47.2 Å². The molecule has 1 fully saturated rings. The van der Waals surface area contributed by atoms with Gasteiger partial charge in [0, 0.05) is 20.4 Å². The number of fused-ring (bicyclic) bond motifs is 1. The van der Waals surface area contributed by atoms with Crippen LogP contribution in [0.4, 0.5) is 0 Å². The van der Waals surface area contributed by atoms with Crippen LogP contribution in [0.2, 0.25) is 0 Å². The predicted molar refractivity (Wildman–Crippen MR) is 88.6 cm³/mol. The third-order valence-corrected chi connectivity index (χ3v) is 5.72. The minimum Gasteiger partial charge on any atom is -0.379 e. The second kappa shape index (κ2) is 6.29. The van der Waals surface area contributed by atoms with Gasteiger partial charge in [0.1, 0.15) is 11.7 Å². The van der Waals surface area contributed by atoms with Gasteiger partial charge < -0.3 is 4.74 Å². The Balaban J connectivity index is 2.06. The lowest BCUT2D eigenvalue weighted by Gasteiger charge is -2.22. The van der Waals surface area contributed by atoms with Gasteiger partial charge in [-0.1, -0.05) is 12.8 Å². The van der Waals surface area contributed by atoms with Gasteiger partial charge in [-0.25, -0.2) is 18.1 Å². The Morgan fingerprint density at radius 1 is 1.38 bits per heavy atom. The molecule has 2 heterocycles. The van der Waals surface area contributed by atoms with Crippen molar-refractivity contribution in [1.82, 2.24) is 19.3 Å². The Morgan fingerprint density at radius 2 is 2.04 bits per heavy atom. The summed E-state index contributed by atoms with van der Waals surface area (Å²) >= 11 is 0. The number of aryl methyl sites for hydroxylation is 1. The van der Waals surface area contributed by atoms with E-state index in [0.717, 1.165) is 19.1 Å². The fourth-order valence-corrected chi connectivity index (χ4v) is 4.30. The first kappa shape index (κ1) is 17.1. The van der Waals surface area contributed by atoms with Gasteiger partial charge in [0.15, 0.2) is 20.5 Å². The van der Waals surface area contributed by atoms with E-state index in [1.54, 1.807) is 14.2 Å². The van der Waals surface area contributed by atoms with E-state index >= 15 is 0 Å². The molecule has 1 aliphatic rings. The van der Waals surface area contributed by atoms with Crippen molar-refractivity contribution in [2.45, 2.75) is 43.4 Å². The van der Waals surface area contributed by atoms with E-state index in [-0.39, 0.29) is 22.2 Å². The summed E-state index contributed by atoms with van der Waals surface area (Å²) in [5, 5.41) is 3.79. The number of methoxy groups -OCH3 is 1. The predicted octanol–water partition coefficient (Wildman–Crippen LogP) is 0.739. The maximum absolute atomic E-state index is 12.8. The molecule has 1 unspecified atom stereocenters.